The van der Waals surface area contributed by atoms with Gasteiger partial charge in [-0.15, -0.1) is 0 Å². The summed E-state index contributed by atoms with van der Waals surface area (Å²) >= 11 is 5.91. The third-order valence-corrected chi connectivity index (χ3v) is 2.71. The topological polar surface area (TPSA) is 103 Å². The second kappa shape index (κ2) is 5.58. The Hall–Kier alpha value is -2.60. The van der Waals surface area contributed by atoms with Crippen LogP contribution in [-0.2, 0) is 0 Å². The lowest BCUT2D eigenvalue weighted by molar-refractivity contribution is 0.0696. The zero-order chi connectivity index (χ0) is 14.7. The highest BCUT2D eigenvalue weighted by atomic mass is 35.5. The highest BCUT2D eigenvalue weighted by Crippen LogP contribution is 2.29. The van der Waals surface area contributed by atoms with Gasteiger partial charge in [-0.25, -0.2) is 9.78 Å². The van der Waals surface area contributed by atoms with Crippen LogP contribution in [0.15, 0.2) is 36.5 Å². The molecule has 0 aliphatic carbocycles. The maximum Gasteiger partial charge on any atom is 0.335 e. The number of hydrogen-bond donors (Lipinski definition) is 2. The van der Waals surface area contributed by atoms with E-state index in [1.807, 2.05) is 0 Å². The van der Waals surface area contributed by atoms with Crippen molar-refractivity contribution in [1.29, 1.82) is 0 Å². The van der Waals surface area contributed by atoms with Gasteiger partial charge in [0.15, 0.2) is 0 Å². The van der Waals surface area contributed by atoms with Crippen LogP contribution in [0.2, 0.25) is 5.02 Å². The molecule has 1 aromatic carbocycles. The van der Waals surface area contributed by atoms with Crippen molar-refractivity contribution in [3.05, 3.63) is 52.7 Å². The molecule has 0 spiro atoms. The predicted octanol–water partition coefficient (Wildman–Crippen LogP) is 2.32. The smallest absolute Gasteiger partial charge is 0.335 e. The number of carboxylic acid groups (broad SMARTS) is 1. The van der Waals surface area contributed by atoms with E-state index < -0.39 is 11.9 Å². The van der Waals surface area contributed by atoms with Gasteiger partial charge in [-0.3, -0.25) is 4.79 Å². The number of primary amides is 1. The standard InChI is InChI=1S/C13H9ClN2O4/c14-9-5-7(13(18)19)1-3-10(9)20-11-4-2-8(6-16-11)12(15)17/h1-6H,(H2,15,17)(H,18,19). The summed E-state index contributed by atoms with van der Waals surface area (Å²) in [7, 11) is 0. The minimum atomic E-state index is -1.08. The number of pyridine rings is 1. The van der Waals surface area contributed by atoms with E-state index in [0.29, 0.717) is 0 Å². The molecule has 3 N–H and O–H groups in total. The van der Waals surface area contributed by atoms with E-state index in [1.165, 1.54) is 36.5 Å². The van der Waals surface area contributed by atoms with Gasteiger partial charge < -0.3 is 15.6 Å². The van der Waals surface area contributed by atoms with Crippen LogP contribution in [0, 0.1) is 0 Å². The first-order chi connectivity index (χ1) is 9.47. The van der Waals surface area contributed by atoms with E-state index in [0.717, 1.165) is 0 Å². The van der Waals surface area contributed by atoms with Gasteiger partial charge in [0.1, 0.15) is 5.75 Å². The van der Waals surface area contributed by atoms with Crippen LogP contribution in [0.5, 0.6) is 11.6 Å². The Balaban J connectivity index is 2.21. The predicted molar refractivity (Wildman–Crippen MR) is 71.2 cm³/mol. The fraction of sp³-hybridized carbons (Fsp3) is 0. The number of benzene rings is 1. The molecule has 0 radical (unpaired) electrons. The van der Waals surface area contributed by atoms with Gasteiger partial charge in [-0.2, -0.15) is 0 Å². The molecule has 1 aromatic heterocycles. The average Bonchev–Trinajstić information content (AvgIpc) is 2.41. The number of rotatable bonds is 4. The van der Waals surface area contributed by atoms with E-state index >= 15 is 0 Å². The van der Waals surface area contributed by atoms with Gasteiger partial charge >= 0.3 is 5.97 Å². The van der Waals surface area contributed by atoms with Crippen LogP contribution in [0.25, 0.3) is 0 Å². The first-order valence-corrected chi connectivity index (χ1v) is 5.81. The van der Waals surface area contributed by atoms with Gasteiger partial charge in [-0.05, 0) is 24.3 Å². The number of amides is 1. The molecule has 0 bridgehead atoms. The summed E-state index contributed by atoms with van der Waals surface area (Å²) in [5, 5.41) is 8.96. The van der Waals surface area contributed by atoms with Gasteiger partial charge in [0.05, 0.1) is 16.1 Å². The summed E-state index contributed by atoms with van der Waals surface area (Å²) in [5.41, 5.74) is 5.40. The summed E-state index contributed by atoms with van der Waals surface area (Å²) in [6.45, 7) is 0. The molecule has 0 fully saturated rings. The molecular formula is C13H9ClN2O4. The number of carbonyl (C=O) groups is 2. The minimum absolute atomic E-state index is 0.0550. The largest absolute Gasteiger partial charge is 0.478 e. The Morgan fingerprint density at radius 3 is 2.40 bits per heavy atom. The monoisotopic (exact) mass is 292 g/mol. The molecular weight excluding hydrogens is 284 g/mol. The van der Waals surface area contributed by atoms with Gasteiger partial charge in [0.25, 0.3) is 0 Å². The molecule has 20 heavy (non-hydrogen) atoms. The molecule has 6 nitrogen and oxygen atoms in total. The molecule has 2 rings (SSSR count). The molecule has 1 heterocycles. The number of nitrogens with two attached hydrogens (primary N) is 1. The average molecular weight is 293 g/mol. The number of carbonyl (C=O) groups excluding carboxylic acids is 1. The number of aromatic nitrogens is 1. The van der Waals surface area contributed by atoms with Gasteiger partial charge in [0, 0.05) is 12.3 Å². The molecule has 0 atom stereocenters. The van der Waals surface area contributed by atoms with Crippen molar-refractivity contribution in [3.8, 4) is 11.6 Å². The third kappa shape index (κ3) is 3.04. The van der Waals surface area contributed by atoms with Crippen LogP contribution >= 0.6 is 11.6 Å². The number of halogens is 1. The second-order valence-corrected chi connectivity index (χ2v) is 4.21. The van der Waals surface area contributed by atoms with E-state index in [9.17, 15) is 9.59 Å². The fourth-order valence-electron chi connectivity index (χ4n) is 1.42. The van der Waals surface area contributed by atoms with E-state index in [4.69, 9.17) is 27.2 Å². The molecule has 1 amide bonds. The summed E-state index contributed by atoms with van der Waals surface area (Å²) in [4.78, 5) is 25.6. The van der Waals surface area contributed by atoms with Crippen molar-refractivity contribution in [2.24, 2.45) is 5.73 Å². The normalized spacial score (nSPS) is 10.1. The van der Waals surface area contributed by atoms with Crippen molar-refractivity contribution in [1.82, 2.24) is 4.98 Å². The molecule has 102 valence electrons. The minimum Gasteiger partial charge on any atom is -0.478 e. The Bertz CT molecular complexity index is 671. The summed E-state index contributed by atoms with van der Waals surface area (Å²) in [5.74, 6) is -1.20. The van der Waals surface area contributed by atoms with Crippen LogP contribution in [0.4, 0.5) is 0 Å². The van der Waals surface area contributed by atoms with Crippen LogP contribution in [-0.4, -0.2) is 22.0 Å². The van der Waals surface area contributed by atoms with Crippen LogP contribution in [0.3, 0.4) is 0 Å². The fourth-order valence-corrected chi connectivity index (χ4v) is 1.63. The van der Waals surface area contributed by atoms with Crippen molar-refractivity contribution in [2.75, 3.05) is 0 Å². The van der Waals surface area contributed by atoms with E-state index in [1.54, 1.807) is 0 Å². The lowest BCUT2D eigenvalue weighted by Gasteiger charge is -2.07. The first kappa shape index (κ1) is 13.8. The zero-order valence-electron chi connectivity index (χ0n) is 10.0. The van der Waals surface area contributed by atoms with Crippen molar-refractivity contribution in [2.45, 2.75) is 0 Å². The molecule has 0 aliphatic rings. The number of hydrogen-bond acceptors (Lipinski definition) is 4. The van der Waals surface area contributed by atoms with Crippen molar-refractivity contribution >= 4 is 23.5 Å². The van der Waals surface area contributed by atoms with Crippen LogP contribution < -0.4 is 10.5 Å². The molecule has 0 aliphatic heterocycles. The van der Waals surface area contributed by atoms with Gasteiger partial charge in [-0.1, -0.05) is 11.6 Å². The summed E-state index contributed by atoms with van der Waals surface area (Å²) < 4.78 is 5.39. The molecule has 7 heteroatoms. The second-order valence-electron chi connectivity index (χ2n) is 3.80. The summed E-state index contributed by atoms with van der Waals surface area (Å²) in [6, 6.07) is 6.99. The lowest BCUT2D eigenvalue weighted by atomic mass is 10.2. The Kier molecular flexibility index (Phi) is 3.86. The highest BCUT2D eigenvalue weighted by molar-refractivity contribution is 6.32. The van der Waals surface area contributed by atoms with Gasteiger partial charge in [0.2, 0.25) is 11.8 Å². The number of ether oxygens (including phenoxy) is 1. The maximum atomic E-state index is 10.9. The highest BCUT2D eigenvalue weighted by Gasteiger charge is 2.09. The molecule has 0 saturated carbocycles. The molecule has 0 unspecified atom stereocenters. The Labute approximate surface area is 118 Å². The zero-order valence-corrected chi connectivity index (χ0v) is 10.8. The first-order valence-electron chi connectivity index (χ1n) is 5.44. The number of carboxylic acids is 1. The Morgan fingerprint density at radius 2 is 1.90 bits per heavy atom. The summed E-state index contributed by atoms with van der Waals surface area (Å²) in [6.07, 6.45) is 1.27. The quantitative estimate of drug-likeness (QED) is 0.900. The van der Waals surface area contributed by atoms with Crippen molar-refractivity contribution in [3.63, 3.8) is 0 Å². The van der Waals surface area contributed by atoms with E-state index in [2.05, 4.69) is 4.98 Å². The van der Waals surface area contributed by atoms with E-state index in [-0.39, 0.29) is 27.8 Å². The number of nitrogens with zero attached hydrogens (tertiary/aromatic N) is 1. The van der Waals surface area contributed by atoms with Crippen molar-refractivity contribution < 1.29 is 19.4 Å². The SMILES string of the molecule is NC(=O)c1ccc(Oc2ccc(C(=O)O)cc2Cl)nc1. The van der Waals surface area contributed by atoms with Crippen LogP contribution in [0.1, 0.15) is 20.7 Å². The molecule has 2 aromatic rings. The maximum absolute atomic E-state index is 10.9. The molecule has 0 saturated heterocycles. The third-order valence-electron chi connectivity index (χ3n) is 2.41. The lowest BCUT2D eigenvalue weighted by Crippen LogP contribution is -2.10. The number of aromatic carboxylic acids is 1. The Morgan fingerprint density at radius 1 is 1.20 bits per heavy atom.